The van der Waals surface area contributed by atoms with Gasteiger partial charge in [-0.2, -0.15) is 0 Å². The highest BCUT2D eigenvalue weighted by Crippen LogP contribution is 2.39. The van der Waals surface area contributed by atoms with Gasteiger partial charge in [-0.1, -0.05) is 47.3 Å². The predicted molar refractivity (Wildman–Crippen MR) is 116 cm³/mol. The summed E-state index contributed by atoms with van der Waals surface area (Å²) in [5.74, 6) is 0.825. The Balaban J connectivity index is 1.60. The van der Waals surface area contributed by atoms with Gasteiger partial charge in [-0.25, -0.2) is 9.38 Å². The normalized spacial score (nSPS) is 14.1. The van der Waals surface area contributed by atoms with Crippen LogP contribution in [0.2, 0.25) is 5.02 Å². The van der Waals surface area contributed by atoms with Crippen molar-refractivity contribution in [3.05, 3.63) is 45.3 Å². The summed E-state index contributed by atoms with van der Waals surface area (Å²) in [7, 11) is 0. The lowest BCUT2D eigenvalue weighted by Crippen LogP contribution is -2.00. The average molecular weight is 433 g/mol. The molecule has 0 N–H and O–H groups in total. The van der Waals surface area contributed by atoms with E-state index < -0.39 is 0 Å². The number of halogens is 1. The van der Waals surface area contributed by atoms with Gasteiger partial charge in [0.2, 0.25) is 0 Å². The maximum absolute atomic E-state index is 5.99. The van der Waals surface area contributed by atoms with E-state index in [2.05, 4.69) is 33.0 Å². The monoisotopic (exact) mass is 432 g/mol. The van der Waals surface area contributed by atoms with Crippen LogP contribution in [0.1, 0.15) is 28.8 Å². The van der Waals surface area contributed by atoms with Crippen molar-refractivity contribution in [2.45, 2.75) is 41.7 Å². The molecular weight excluding hydrogens is 416 g/mol. The summed E-state index contributed by atoms with van der Waals surface area (Å²) in [6.07, 6.45) is 6.89. The smallest absolute Gasteiger partial charge is 0.198 e. The van der Waals surface area contributed by atoms with Crippen LogP contribution in [0.5, 0.6) is 0 Å². The number of fused-ring (bicyclic) bond motifs is 5. The summed E-state index contributed by atoms with van der Waals surface area (Å²) < 4.78 is 2.13. The van der Waals surface area contributed by atoms with Gasteiger partial charge in [-0.3, -0.25) is 0 Å². The zero-order valence-electron chi connectivity index (χ0n) is 14.7. The van der Waals surface area contributed by atoms with Crippen LogP contribution < -0.4 is 0 Å². The van der Waals surface area contributed by atoms with Crippen LogP contribution in [0.25, 0.3) is 15.9 Å². The molecule has 0 unspecified atom stereocenters. The molecule has 0 saturated heterocycles. The molecule has 0 atom stereocenters. The first kappa shape index (κ1) is 17.8. The third-order valence-electron chi connectivity index (χ3n) is 4.86. The van der Waals surface area contributed by atoms with E-state index in [1.807, 2.05) is 23.5 Å². The lowest BCUT2D eigenvalue weighted by atomic mass is 9.97. The van der Waals surface area contributed by atoms with Gasteiger partial charge in [0.15, 0.2) is 16.0 Å². The van der Waals surface area contributed by atoms with E-state index in [0.717, 1.165) is 38.0 Å². The van der Waals surface area contributed by atoms with Crippen LogP contribution in [-0.4, -0.2) is 25.8 Å². The zero-order chi connectivity index (χ0) is 18.4. The number of benzene rings is 1. The van der Waals surface area contributed by atoms with Crippen molar-refractivity contribution >= 4 is 62.3 Å². The molecule has 1 aliphatic rings. The summed E-state index contributed by atoms with van der Waals surface area (Å²) in [4.78, 5) is 7.56. The summed E-state index contributed by atoms with van der Waals surface area (Å²) in [5.41, 5.74) is 3.63. The van der Waals surface area contributed by atoms with Gasteiger partial charge in [0, 0.05) is 15.7 Å². The molecule has 0 bridgehead atoms. The van der Waals surface area contributed by atoms with E-state index in [4.69, 9.17) is 16.6 Å². The van der Waals surface area contributed by atoms with Crippen LogP contribution in [0.15, 0.2) is 34.6 Å². The fourth-order valence-corrected chi connectivity index (χ4v) is 6.49. The third-order valence-corrected chi connectivity index (χ3v) is 7.94. The summed E-state index contributed by atoms with van der Waals surface area (Å²) >= 11 is 11.2. The minimum atomic E-state index is 0.759. The summed E-state index contributed by atoms with van der Waals surface area (Å²) in [6.45, 7) is 0. The Kier molecular flexibility index (Phi) is 4.80. The molecule has 8 heteroatoms. The van der Waals surface area contributed by atoms with Gasteiger partial charge >= 0.3 is 0 Å². The Bertz CT molecular complexity index is 1130. The molecule has 0 radical (unpaired) electrons. The second kappa shape index (κ2) is 7.28. The molecule has 4 aromatic rings. The SMILES string of the molecule is CSc1nc2sc3c(c2c2nnc(SCc4ccc(Cl)cc4)n12)CCCC3. The minimum absolute atomic E-state index is 0.759. The Morgan fingerprint density at radius 3 is 2.74 bits per heavy atom. The standard InChI is InChI=1S/C19H17ClN4S3/c1-25-18-21-17-15(13-4-2-3-5-14(13)27-17)16-22-23-19(24(16)18)26-10-11-6-8-12(20)9-7-11/h6-9H,2-5,10H2,1H3. The van der Waals surface area contributed by atoms with Crippen molar-refractivity contribution in [1.29, 1.82) is 0 Å². The Hall–Kier alpha value is -1.28. The van der Waals surface area contributed by atoms with E-state index in [9.17, 15) is 0 Å². The maximum atomic E-state index is 5.99. The Morgan fingerprint density at radius 1 is 1.11 bits per heavy atom. The highest BCUT2D eigenvalue weighted by molar-refractivity contribution is 7.99. The van der Waals surface area contributed by atoms with Crippen molar-refractivity contribution in [3.63, 3.8) is 0 Å². The summed E-state index contributed by atoms with van der Waals surface area (Å²) in [6, 6.07) is 7.96. The van der Waals surface area contributed by atoms with Gasteiger partial charge < -0.3 is 0 Å². The van der Waals surface area contributed by atoms with Crippen molar-refractivity contribution in [1.82, 2.24) is 19.6 Å². The number of hydrogen-bond donors (Lipinski definition) is 0. The Labute approximate surface area is 174 Å². The molecule has 1 aromatic carbocycles. The number of nitrogens with zero attached hydrogens (tertiary/aromatic N) is 4. The summed E-state index contributed by atoms with van der Waals surface area (Å²) in [5, 5.41) is 12.9. The van der Waals surface area contributed by atoms with Crippen molar-refractivity contribution < 1.29 is 0 Å². The molecule has 27 heavy (non-hydrogen) atoms. The number of rotatable bonds is 4. The van der Waals surface area contributed by atoms with Gasteiger partial charge in [0.25, 0.3) is 0 Å². The van der Waals surface area contributed by atoms with Crippen LogP contribution in [-0.2, 0) is 18.6 Å². The van der Waals surface area contributed by atoms with Crippen LogP contribution in [0, 0.1) is 0 Å². The zero-order valence-corrected chi connectivity index (χ0v) is 17.9. The first-order chi connectivity index (χ1) is 13.2. The van der Waals surface area contributed by atoms with Gasteiger partial charge in [0.1, 0.15) is 4.83 Å². The predicted octanol–water partition coefficient (Wildman–Crippen LogP) is 5.89. The lowest BCUT2D eigenvalue weighted by Gasteiger charge is -2.10. The molecule has 0 aliphatic heterocycles. The molecule has 0 spiro atoms. The average Bonchev–Trinajstić information content (AvgIpc) is 3.27. The van der Waals surface area contributed by atoms with E-state index >= 15 is 0 Å². The second-order valence-corrected chi connectivity index (χ2v) is 9.78. The first-order valence-electron chi connectivity index (χ1n) is 8.85. The van der Waals surface area contributed by atoms with Crippen molar-refractivity contribution in [3.8, 4) is 0 Å². The Morgan fingerprint density at radius 2 is 1.93 bits per heavy atom. The number of hydrogen-bond acceptors (Lipinski definition) is 6. The van der Waals surface area contributed by atoms with E-state index in [-0.39, 0.29) is 0 Å². The second-order valence-electron chi connectivity index (χ2n) is 6.55. The minimum Gasteiger partial charge on any atom is -0.248 e. The number of thiophene rings is 1. The number of thioether (sulfide) groups is 2. The fourth-order valence-electron chi connectivity index (χ4n) is 3.56. The fraction of sp³-hybridized carbons (Fsp3) is 0.316. The number of aromatic nitrogens is 4. The molecule has 3 heterocycles. The third kappa shape index (κ3) is 3.14. The molecule has 3 aromatic heterocycles. The van der Waals surface area contributed by atoms with E-state index in [1.165, 1.54) is 40.7 Å². The highest BCUT2D eigenvalue weighted by Gasteiger charge is 2.23. The molecule has 0 saturated carbocycles. The first-order valence-corrected chi connectivity index (χ1v) is 12.3. The largest absolute Gasteiger partial charge is 0.248 e. The molecule has 0 amide bonds. The maximum Gasteiger partial charge on any atom is 0.198 e. The van der Waals surface area contributed by atoms with Gasteiger partial charge in [-0.15, -0.1) is 21.5 Å². The molecule has 1 aliphatic carbocycles. The molecule has 4 nitrogen and oxygen atoms in total. The van der Waals surface area contributed by atoms with Crippen molar-refractivity contribution in [2.24, 2.45) is 0 Å². The van der Waals surface area contributed by atoms with Crippen LogP contribution in [0.4, 0.5) is 0 Å². The van der Waals surface area contributed by atoms with Gasteiger partial charge in [-0.05, 0) is 55.2 Å². The molecule has 5 rings (SSSR count). The molecular formula is C19H17ClN4S3. The highest BCUT2D eigenvalue weighted by atomic mass is 35.5. The lowest BCUT2D eigenvalue weighted by molar-refractivity contribution is 0.700. The van der Waals surface area contributed by atoms with Crippen LogP contribution >= 0.6 is 46.5 Å². The molecule has 0 fully saturated rings. The van der Waals surface area contributed by atoms with E-state index in [0.29, 0.717) is 0 Å². The van der Waals surface area contributed by atoms with Crippen LogP contribution in [0.3, 0.4) is 0 Å². The topological polar surface area (TPSA) is 43.1 Å². The van der Waals surface area contributed by atoms with Crippen molar-refractivity contribution in [2.75, 3.05) is 6.26 Å². The quantitative estimate of drug-likeness (QED) is 0.297. The van der Waals surface area contributed by atoms with Gasteiger partial charge in [0.05, 0.1) is 5.39 Å². The van der Waals surface area contributed by atoms with E-state index in [1.54, 1.807) is 23.5 Å². The number of aryl methyl sites for hydroxylation is 2. The molecule has 138 valence electrons.